The minimum absolute atomic E-state index is 0.0122. The maximum absolute atomic E-state index is 13.1. The van der Waals surface area contributed by atoms with Crippen molar-refractivity contribution < 1.29 is 57.0 Å². The third-order valence-corrected chi connectivity index (χ3v) is 15.1. The second-order valence-electron chi connectivity index (χ2n) is 22.3. The van der Waals surface area contributed by atoms with Crippen molar-refractivity contribution in [3.05, 3.63) is 0 Å². The lowest BCUT2D eigenvalue weighted by Gasteiger charge is -2.35. The second-order valence-corrected chi connectivity index (χ2v) is 22.3. The van der Waals surface area contributed by atoms with Crippen LogP contribution in [0.2, 0.25) is 0 Å². The number of ether oxygens (including phenoxy) is 9. The quantitative estimate of drug-likeness (QED) is 0.0325. The van der Waals surface area contributed by atoms with Gasteiger partial charge in [-0.15, -0.1) is 0 Å². The van der Waals surface area contributed by atoms with Crippen LogP contribution in [-0.4, -0.2) is 142 Å². The number of nitrogens with zero attached hydrogens (tertiary/aromatic N) is 1. The molecule has 1 fully saturated rings. The summed E-state index contributed by atoms with van der Waals surface area (Å²) in [4.78, 5) is 41.0. The topological polar surface area (TPSA) is 138 Å². The zero-order valence-corrected chi connectivity index (χ0v) is 50.4. The Morgan fingerprint density at radius 3 is 1.14 bits per heavy atom. The summed E-state index contributed by atoms with van der Waals surface area (Å²) in [7, 11) is 2.08. The molecule has 1 aliphatic heterocycles. The molecular formula is C63H121NO12. The predicted octanol–water partition coefficient (Wildman–Crippen LogP) is 14.6. The molecule has 0 radical (unpaired) electrons. The molecule has 0 N–H and O–H groups in total. The molecule has 0 aliphatic carbocycles. The second kappa shape index (κ2) is 53.8. The van der Waals surface area contributed by atoms with E-state index in [1.54, 1.807) is 0 Å². The number of rotatable bonds is 58. The first-order chi connectivity index (χ1) is 37.2. The lowest BCUT2D eigenvalue weighted by atomic mass is 9.80. The molecule has 3 unspecified atom stereocenters. The van der Waals surface area contributed by atoms with Gasteiger partial charge in [-0.25, -0.2) is 0 Å². The minimum Gasteiger partial charge on any atom is -0.465 e. The van der Waals surface area contributed by atoms with Gasteiger partial charge < -0.3 is 47.5 Å². The van der Waals surface area contributed by atoms with Crippen molar-refractivity contribution in [1.29, 1.82) is 0 Å². The normalized spacial score (nSPS) is 14.9. The van der Waals surface area contributed by atoms with E-state index in [1.807, 2.05) is 6.92 Å². The Kier molecular flexibility index (Phi) is 51.0. The molecule has 0 bridgehead atoms. The van der Waals surface area contributed by atoms with Gasteiger partial charge in [-0.05, 0) is 104 Å². The summed E-state index contributed by atoms with van der Waals surface area (Å²) in [6.45, 7) is 19.2. The highest BCUT2D eigenvalue weighted by molar-refractivity contribution is 5.76. The molecule has 0 amide bonds. The monoisotopic (exact) mass is 1080 g/mol. The molecule has 3 atom stereocenters. The van der Waals surface area contributed by atoms with Crippen LogP contribution in [0.5, 0.6) is 0 Å². The predicted molar refractivity (Wildman–Crippen MR) is 309 cm³/mol. The first-order valence-corrected chi connectivity index (χ1v) is 31.9. The Morgan fingerprint density at radius 2 is 0.711 bits per heavy atom. The molecule has 0 aromatic rings. The summed E-state index contributed by atoms with van der Waals surface area (Å²) < 4.78 is 52.5. The number of carbonyl (C=O) groups is 3. The number of carbonyl (C=O) groups excluding carboxylic acids is 3. The van der Waals surface area contributed by atoms with Crippen LogP contribution >= 0.6 is 0 Å². The highest BCUT2D eigenvalue weighted by Crippen LogP contribution is 2.32. The van der Waals surface area contributed by atoms with Gasteiger partial charge in [0.05, 0.1) is 89.9 Å². The van der Waals surface area contributed by atoms with Crippen molar-refractivity contribution in [3.63, 3.8) is 0 Å². The number of piperidine rings is 1. The van der Waals surface area contributed by atoms with Crippen molar-refractivity contribution in [1.82, 2.24) is 4.90 Å². The maximum atomic E-state index is 13.1. The van der Waals surface area contributed by atoms with Crippen LogP contribution in [0.15, 0.2) is 0 Å². The van der Waals surface area contributed by atoms with Crippen LogP contribution in [0.25, 0.3) is 0 Å². The van der Waals surface area contributed by atoms with Crippen LogP contribution in [-0.2, 0) is 57.0 Å². The number of likely N-dealkylation sites (tertiary alicyclic amines) is 1. The van der Waals surface area contributed by atoms with E-state index >= 15 is 0 Å². The number of hydrogen-bond acceptors (Lipinski definition) is 13. The standard InChI is InChI=1S/C63H121NO12/c1-7-11-15-19-21-29-37-57(35-27-17-13-9-3)60(65)74-45-33-24-23-31-43-71-55-59(56-72-52-51-69-48-47-68-49-50-70-53-54-76-62(67)63(5)39-41-64(6)42-40-63)73-44-32-25-26-34-46-75-61(66)58(36-28-18-14-10-4)38-30-22-20-16-12-8-2/h57-59H,7-56H2,1-6H3. The Bertz CT molecular complexity index is 1280. The molecule has 0 saturated carbocycles. The maximum Gasteiger partial charge on any atom is 0.311 e. The smallest absolute Gasteiger partial charge is 0.311 e. The Balaban J connectivity index is 2.40. The van der Waals surface area contributed by atoms with Gasteiger partial charge in [-0.1, -0.05) is 169 Å². The third kappa shape index (κ3) is 43.0. The van der Waals surface area contributed by atoms with E-state index in [0.29, 0.717) is 85.9 Å². The average Bonchev–Trinajstić information content (AvgIpc) is 3.42. The Hall–Kier alpha value is -1.87. The SMILES string of the molecule is CCCCCCCCC(CCCCCC)C(=O)OCCCCCCOCC(COCCOCCOCCOCCOC(=O)C1(C)CCN(C)CC1)OCCCCCCOC(=O)C(CCCCCC)CCCCCCCC. The summed E-state index contributed by atoms with van der Waals surface area (Å²) in [5.74, 6) is -0.00601. The number of hydrogen-bond donors (Lipinski definition) is 0. The summed E-state index contributed by atoms with van der Waals surface area (Å²) in [5.41, 5.74) is -0.400. The van der Waals surface area contributed by atoms with Crippen molar-refractivity contribution in [2.24, 2.45) is 17.3 Å². The van der Waals surface area contributed by atoms with Crippen molar-refractivity contribution in [2.45, 2.75) is 259 Å². The van der Waals surface area contributed by atoms with E-state index in [4.69, 9.17) is 42.6 Å². The lowest BCUT2D eigenvalue weighted by Crippen LogP contribution is -2.42. The molecular weight excluding hydrogens is 963 g/mol. The molecule has 76 heavy (non-hydrogen) atoms. The molecule has 13 nitrogen and oxygen atoms in total. The van der Waals surface area contributed by atoms with E-state index < -0.39 is 5.41 Å². The largest absolute Gasteiger partial charge is 0.465 e. The summed E-state index contributed by atoms with van der Waals surface area (Å²) in [5, 5.41) is 0. The van der Waals surface area contributed by atoms with Crippen molar-refractivity contribution >= 4 is 17.9 Å². The van der Waals surface area contributed by atoms with Crippen molar-refractivity contribution in [2.75, 3.05) is 113 Å². The molecule has 1 heterocycles. The first kappa shape index (κ1) is 72.1. The molecule has 450 valence electrons. The summed E-state index contributed by atoms with van der Waals surface area (Å²) in [6.07, 6.45) is 37.4. The van der Waals surface area contributed by atoms with Gasteiger partial charge in [0.15, 0.2) is 0 Å². The van der Waals surface area contributed by atoms with E-state index in [0.717, 1.165) is 129 Å². The lowest BCUT2D eigenvalue weighted by molar-refractivity contribution is -0.159. The zero-order valence-electron chi connectivity index (χ0n) is 50.4. The molecule has 1 rings (SSSR count). The fourth-order valence-corrected chi connectivity index (χ4v) is 9.70. The number of esters is 3. The zero-order chi connectivity index (χ0) is 55.3. The van der Waals surface area contributed by atoms with Gasteiger partial charge in [0.2, 0.25) is 0 Å². The van der Waals surface area contributed by atoms with Gasteiger partial charge >= 0.3 is 17.9 Å². The average molecular weight is 1080 g/mol. The van der Waals surface area contributed by atoms with Gasteiger partial charge in [0.25, 0.3) is 0 Å². The van der Waals surface area contributed by atoms with Gasteiger partial charge in [-0.2, -0.15) is 0 Å². The molecule has 13 heteroatoms. The van der Waals surface area contributed by atoms with E-state index in [2.05, 4.69) is 39.6 Å². The van der Waals surface area contributed by atoms with E-state index in [1.165, 1.54) is 103 Å². The molecule has 1 aliphatic rings. The molecule has 1 saturated heterocycles. The fraction of sp³-hybridized carbons (Fsp3) is 0.952. The summed E-state index contributed by atoms with van der Waals surface area (Å²) >= 11 is 0. The fourth-order valence-electron chi connectivity index (χ4n) is 9.70. The van der Waals surface area contributed by atoms with Crippen LogP contribution in [0.3, 0.4) is 0 Å². The minimum atomic E-state index is -0.400. The van der Waals surface area contributed by atoms with E-state index in [-0.39, 0.29) is 42.5 Å². The first-order valence-electron chi connectivity index (χ1n) is 31.9. The van der Waals surface area contributed by atoms with Crippen molar-refractivity contribution in [3.8, 4) is 0 Å². The van der Waals surface area contributed by atoms with Crippen LogP contribution < -0.4 is 0 Å². The third-order valence-electron chi connectivity index (χ3n) is 15.1. The highest BCUT2D eigenvalue weighted by Gasteiger charge is 2.37. The molecule has 0 spiro atoms. The van der Waals surface area contributed by atoms with Crippen LogP contribution in [0, 0.1) is 17.3 Å². The number of unbranched alkanes of at least 4 members (excludes halogenated alkanes) is 22. The molecule has 0 aromatic heterocycles. The van der Waals surface area contributed by atoms with Gasteiger partial charge in [0, 0.05) is 13.2 Å². The Labute approximate surface area is 467 Å². The van der Waals surface area contributed by atoms with E-state index in [9.17, 15) is 14.4 Å². The summed E-state index contributed by atoms with van der Waals surface area (Å²) in [6, 6.07) is 0. The molecule has 0 aromatic carbocycles. The van der Waals surface area contributed by atoms with Gasteiger partial charge in [0.1, 0.15) is 12.7 Å². The highest BCUT2D eigenvalue weighted by atomic mass is 16.6. The van der Waals surface area contributed by atoms with Crippen LogP contribution in [0.1, 0.15) is 253 Å². The van der Waals surface area contributed by atoms with Gasteiger partial charge in [-0.3, -0.25) is 14.4 Å². The van der Waals surface area contributed by atoms with Crippen LogP contribution in [0.4, 0.5) is 0 Å². The Morgan fingerprint density at radius 1 is 0.382 bits per heavy atom.